The summed E-state index contributed by atoms with van der Waals surface area (Å²) in [5.74, 6) is 2.20. The van der Waals surface area contributed by atoms with Crippen LogP contribution >= 0.6 is 11.8 Å². The first-order valence-electron chi connectivity index (χ1n) is 10.6. The summed E-state index contributed by atoms with van der Waals surface area (Å²) in [7, 11) is 0. The number of anilines is 1. The molecule has 0 unspecified atom stereocenters. The summed E-state index contributed by atoms with van der Waals surface area (Å²) in [6.45, 7) is 8.23. The van der Waals surface area contributed by atoms with Crippen molar-refractivity contribution in [3.63, 3.8) is 0 Å². The Bertz CT molecular complexity index is 1120. The number of hydrogen-bond donors (Lipinski definition) is 0. The highest BCUT2D eigenvalue weighted by Crippen LogP contribution is 2.44. The first-order chi connectivity index (χ1) is 15.5. The van der Waals surface area contributed by atoms with Crippen LogP contribution < -0.4 is 14.4 Å². The lowest BCUT2D eigenvalue weighted by atomic mass is 10.1. The molecular formula is C24H26N4O3S. The van der Waals surface area contributed by atoms with Gasteiger partial charge in [0.15, 0.2) is 5.69 Å². The van der Waals surface area contributed by atoms with Gasteiger partial charge in [0.25, 0.3) is 0 Å². The number of amides is 1. The van der Waals surface area contributed by atoms with Gasteiger partial charge >= 0.3 is 0 Å². The number of rotatable bonds is 6. The molecule has 32 heavy (non-hydrogen) atoms. The van der Waals surface area contributed by atoms with E-state index in [1.54, 1.807) is 4.90 Å². The Morgan fingerprint density at radius 2 is 1.91 bits per heavy atom. The fraction of sp³-hybridized carbons (Fsp3) is 0.333. The maximum Gasteiger partial charge on any atom is 0.247 e. The van der Waals surface area contributed by atoms with Crippen LogP contribution in [0.25, 0.3) is 11.3 Å². The van der Waals surface area contributed by atoms with Gasteiger partial charge in [-0.15, -0.1) is 10.2 Å². The van der Waals surface area contributed by atoms with Crippen LogP contribution in [0.5, 0.6) is 11.6 Å². The van der Waals surface area contributed by atoms with Crippen molar-refractivity contribution in [1.82, 2.24) is 15.2 Å². The number of ether oxygens (including phenoxy) is 2. The Morgan fingerprint density at radius 1 is 1.16 bits per heavy atom. The van der Waals surface area contributed by atoms with E-state index < -0.39 is 6.23 Å². The van der Waals surface area contributed by atoms with Gasteiger partial charge in [0.2, 0.25) is 23.2 Å². The Kier molecular flexibility index (Phi) is 6.60. The van der Waals surface area contributed by atoms with E-state index in [1.807, 2.05) is 55.5 Å². The molecule has 2 aromatic carbocycles. The maximum absolute atomic E-state index is 12.9. The van der Waals surface area contributed by atoms with Gasteiger partial charge in [0.05, 0.1) is 17.9 Å². The number of para-hydroxylation sites is 2. The van der Waals surface area contributed by atoms with Crippen molar-refractivity contribution in [3.8, 4) is 22.9 Å². The lowest BCUT2D eigenvalue weighted by Crippen LogP contribution is -2.36. The number of nitrogens with zero attached hydrogens (tertiary/aromatic N) is 4. The highest BCUT2D eigenvalue weighted by Gasteiger charge is 2.36. The molecular weight excluding hydrogens is 424 g/mol. The van der Waals surface area contributed by atoms with Gasteiger partial charge in [-0.3, -0.25) is 9.69 Å². The number of carbonyl (C=O) groups is 1. The zero-order valence-electron chi connectivity index (χ0n) is 18.6. The molecule has 4 rings (SSSR count). The molecule has 0 saturated carbocycles. The van der Waals surface area contributed by atoms with Crippen LogP contribution in [0.15, 0.2) is 53.7 Å². The predicted molar refractivity (Wildman–Crippen MR) is 125 cm³/mol. The fourth-order valence-electron chi connectivity index (χ4n) is 3.53. The molecule has 0 N–H and O–H groups in total. The summed E-state index contributed by atoms with van der Waals surface area (Å²) in [6.07, 6.45) is -0.766. The minimum atomic E-state index is -0.766. The van der Waals surface area contributed by atoms with Crippen LogP contribution in [0.4, 0.5) is 5.69 Å². The van der Waals surface area contributed by atoms with Crippen LogP contribution in [-0.2, 0) is 4.79 Å². The van der Waals surface area contributed by atoms with Crippen molar-refractivity contribution in [2.24, 2.45) is 5.92 Å². The van der Waals surface area contributed by atoms with Gasteiger partial charge in [-0.1, -0.05) is 55.9 Å². The Balaban J connectivity index is 1.89. The summed E-state index contributed by atoms with van der Waals surface area (Å²) in [6, 6.07) is 15.2. The lowest BCUT2D eigenvalue weighted by molar-refractivity contribution is -0.118. The standard InChI is InChI=1S/C24H26N4O3S/c1-5-30-20-13-9-7-11-18(20)23-28(16(4)29)19-12-8-6-10-17(19)21-22(31-23)25-24(27-26-21)32-14-15(2)3/h6-13,15,23H,5,14H2,1-4H3/t23-/m0/s1. The number of carbonyl (C=O) groups excluding carboxylic acids is 1. The van der Waals surface area contributed by atoms with Gasteiger partial charge in [-0.05, 0) is 31.0 Å². The minimum absolute atomic E-state index is 0.163. The van der Waals surface area contributed by atoms with Crippen molar-refractivity contribution in [3.05, 3.63) is 54.1 Å². The van der Waals surface area contributed by atoms with E-state index in [9.17, 15) is 4.79 Å². The quantitative estimate of drug-likeness (QED) is 0.482. The number of hydrogen-bond acceptors (Lipinski definition) is 7. The van der Waals surface area contributed by atoms with E-state index in [1.165, 1.54) is 18.7 Å². The second-order valence-corrected chi connectivity index (χ2v) is 8.79. The van der Waals surface area contributed by atoms with Gasteiger partial charge in [-0.25, -0.2) is 0 Å². The second kappa shape index (κ2) is 9.56. The minimum Gasteiger partial charge on any atom is -0.493 e. The SMILES string of the molecule is CCOc1ccccc1[C@@H]1Oc2nc(SCC(C)C)nnc2-c2ccccc2N1C(C)=O. The molecule has 8 heteroatoms. The van der Waals surface area contributed by atoms with Crippen LogP contribution in [0.3, 0.4) is 0 Å². The molecule has 1 aromatic heterocycles. The maximum atomic E-state index is 12.9. The molecule has 0 radical (unpaired) electrons. The molecule has 1 aliphatic rings. The number of thioether (sulfide) groups is 1. The summed E-state index contributed by atoms with van der Waals surface area (Å²) >= 11 is 1.53. The molecule has 1 atom stereocenters. The fourth-order valence-corrected chi connectivity index (χ4v) is 4.26. The summed E-state index contributed by atoms with van der Waals surface area (Å²) in [5.41, 5.74) is 2.68. The zero-order valence-corrected chi connectivity index (χ0v) is 19.4. The number of benzene rings is 2. The normalized spacial score (nSPS) is 14.9. The van der Waals surface area contributed by atoms with Gasteiger partial charge in [0, 0.05) is 18.2 Å². The van der Waals surface area contributed by atoms with Gasteiger partial charge < -0.3 is 9.47 Å². The summed E-state index contributed by atoms with van der Waals surface area (Å²) < 4.78 is 12.3. The summed E-state index contributed by atoms with van der Waals surface area (Å²) in [5, 5.41) is 9.31. The Labute approximate surface area is 192 Å². The third kappa shape index (κ3) is 4.41. The molecule has 2 heterocycles. The average molecular weight is 451 g/mol. The predicted octanol–water partition coefficient (Wildman–Crippen LogP) is 5.13. The summed E-state index contributed by atoms with van der Waals surface area (Å²) in [4.78, 5) is 19.2. The molecule has 3 aromatic rings. The molecule has 0 fully saturated rings. The van der Waals surface area contributed by atoms with Gasteiger partial charge in [0.1, 0.15) is 5.75 Å². The molecule has 0 saturated heterocycles. The average Bonchev–Trinajstić information content (AvgIpc) is 2.92. The number of aromatic nitrogens is 3. The first kappa shape index (κ1) is 22.1. The van der Waals surface area contributed by atoms with Crippen LogP contribution in [0, 0.1) is 5.92 Å². The largest absolute Gasteiger partial charge is 0.493 e. The van der Waals surface area contributed by atoms with E-state index >= 15 is 0 Å². The van der Waals surface area contributed by atoms with E-state index in [0.717, 1.165) is 16.9 Å². The van der Waals surface area contributed by atoms with Crippen molar-refractivity contribution in [2.45, 2.75) is 39.1 Å². The molecule has 0 spiro atoms. The van der Waals surface area contributed by atoms with Crippen molar-refractivity contribution >= 4 is 23.4 Å². The van der Waals surface area contributed by atoms with Gasteiger partial charge in [-0.2, -0.15) is 4.98 Å². The molecule has 1 aliphatic heterocycles. The topological polar surface area (TPSA) is 77.4 Å². The Morgan fingerprint density at radius 3 is 2.66 bits per heavy atom. The van der Waals surface area contributed by atoms with Crippen molar-refractivity contribution in [1.29, 1.82) is 0 Å². The second-order valence-electron chi connectivity index (χ2n) is 7.80. The van der Waals surface area contributed by atoms with Crippen LogP contribution in [-0.4, -0.2) is 33.4 Å². The van der Waals surface area contributed by atoms with E-state index in [-0.39, 0.29) is 5.91 Å². The third-order valence-electron chi connectivity index (χ3n) is 4.88. The van der Waals surface area contributed by atoms with Crippen molar-refractivity contribution < 1.29 is 14.3 Å². The smallest absolute Gasteiger partial charge is 0.247 e. The van der Waals surface area contributed by atoms with Crippen molar-refractivity contribution in [2.75, 3.05) is 17.3 Å². The third-order valence-corrected chi connectivity index (χ3v) is 6.15. The van der Waals surface area contributed by atoms with E-state index in [4.69, 9.17) is 9.47 Å². The van der Waals surface area contributed by atoms with E-state index in [2.05, 4.69) is 29.0 Å². The molecule has 166 valence electrons. The molecule has 0 aliphatic carbocycles. The lowest BCUT2D eigenvalue weighted by Gasteiger charge is -2.30. The van der Waals surface area contributed by atoms with E-state index in [0.29, 0.717) is 40.7 Å². The highest BCUT2D eigenvalue weighted by molar-refractivity contribution is 7.99. The molecule has 1 amide bonds. The zero-order chi connectivity index (χ0) is 22.7. The van der Waals surface area contributed by atoms with Crippen LogP contribution in [0.2, 0.25) is 0 Å². The monoisotopic (exact) mass is 450 g/mol. The molecule has 7 nitrogen and oxygen atoms in total. The highest BCUT2D eigenvalue weighted by atomic mass is 32.2. The Hall–Kier alpha value is -3.13. The van der Waals surface area contributed by atoms with Crippen LogP contribution in [0.1, 0.15) is 39.5 Å². The first-order valence-corrected chi connectivity index (χ1v) is 11.6. The molecule has 0 bridgehead atoms. The number of fused-ring (bicyclic) bond motifs is 3.